The summed E-state index contributed by atoms with van der Waals surface area (Å²) in [6.07, 6.45) is 1.28. The lowest BCUT2D eigenvalue weighted by atomic mass is 9.98. The fraction of sp³-hybridized carbons (Fsp3) is 0.409. The number of carbonyl (C=O) groups is 1. The van der Waals surface area contributed by atoms with Gasteiger partial charge in [-0.15, -0.1) is 0 Å². The number of rotatable bonds is 6. The largest absolute Gasteiger partial charge is 0.489 e. The van der Waals surface area contributed by atoms with Crippen LogP contribution in [0.15, 0.2) is 30.3 Å². The lowest BCUT2D eigenvalue weighted by Crippen LogP contribution is -2.25. The van der Waals surface area contributed by atoms with Gasteiger partial charge in [-0.05, 0) is 56.5 Å². The van der Waals surface area contributed by atoms with Crippen molar-refractivity contribution in [3.8, 4) is 11.5 Å². The fourth-order valence-corrected chi connectivity index (χ4v) is 3.68. The van der Waals surface area contributed by atoms with Crippen LogP contribution in [0, 0.1) is 12.8 Å². The zero-order valence-electron chi connectivity index (χ0n) is 16.1. The van der Waals surface area contributed by atoms with Gasteiger partial charge in [-0.25, -0.2) is 0 Å². The molecule has 144 valence electrons. The Morgan fingerprint density at radius 2 is 2.04 bits per heavy atom. The van der Waals surface area contributed by atoms with Gasteiger partial charge in [0.15, 0.2) is 0 Å². The molecule has 0 aliphatic carbocycles. The summed E-state index contributed by atoms with van der Waals surface area (Å²) >= 11 is 6.32. The maximum absolute atomic E-state index is 11.0. The monoisotopic (exact) mass is 388 g/mol. The lowest BCUT2D eigenvalue weighted by molar-refractivity contribution is -0.141. The van der Waals surface area contributed by atoms with Gasteiger partial charge in [-0.1, -0.05) is 36.2 Å². The second-order valence-corrected chi connectivity index (χ2v) is 8.34. The first-order valence-corrected chi connectivity index (χ1v) is 9.48. The van der Waals surface area contributed by atoms with E-state index in [0.717, 1.165) is 23.3 Å². The summed E-state index contributed by atoms with van der Waals surface area (Å²) in [5, 5.41) is 9.58. The molecule has 1 atom stereocenters. The maximum Gasteiger partial charge on any atom is 0.306 e. The summed E-state index contributed by atoms with van der Waals surface area (Å²) < 4.78 is 12.1. The van der Waals surface area contributed by atoms with Crippen LogP contribution < -0.4 is 9.47 Å². The predicted molar refractivity (Wildman–Crippen MR) is 106 cm³/mol. The first-order valence-electron chi connectivity index (χ1n) is 9.10. The minimum absolute atomic E-state index is 0.198. The Morgan fingerprint density at radius 3 is 2.70 bits per heavy atom. The Bertz CT molecular complexity index is 873. The second-order valence-electron chi connectivity index (χ2n) is 7.94. The van der Waals surface area contributed by atoms with Crippen molar-refractivity contribution in [3.63, 3.8) is 0 Å². The van der Waals surface area contributed by atoms with Crippen molar-refractivity contribution >= 4 is 17.6 Å². The number of carboxylic acid groups (broad SMARTS) is 1. The summed E-state index contributed by atoms with van der Waals surface area (Å²) in [6.45, 7) is 8.31. The van der Waals surface area contributed by atoms with Gasteiger partial charge in [0.2, 0.25) is 0 Å². The molecule has 3 rings (SSSR count). The third kappa shape index (κ3) is 4.56. The third-order valence-electron chi connectivity index (χ3n) is 4.75. The smallest absolute Gasteiger partial charge is 0.306 e. The molecule has 5 heteroatoms. The Kier molecular flexibility index (Phi) is 5.38. The van der Waals surface area contributed by atoms with E-state index < -0.39 is 11.9 Å². The Balaban J connectivity index is 1.73. The van der Waals surface area contributed by atoms with Crippen molar-refractivity contribution in [1.29, 1.82) is 0 Å². The van der Waals surface area contributed by atoms with Gasteiger partial charge < -0.3 is 14.6 Å². The Hall–Kier alpha value is -2.20. The van der Waals surface area contributed by atoms with Crippen LogP contribution in [0.3, 0.4) is 0 Å². The molecule has 0 saturated carbocycles. The molecule has 1 N–H and O–H groups in total. The van der Waals surface area contributed by atoms with E-state index in [1.807, 2.05) is 12.1 Å². The molecule has 1 aliphatic heterocycles. The number of hydrogen-bond acceptors (Lipinski definition) is 3. The predicted octanol–water partition coefficient (Wildman–Crippen LogP) is 5.20. The number of benzene rings is 2. The zero-order chi connectivity index (χ0) is 19.8. The highest BCUT2D eigenvalue weighted by Gasteiger charge is 2.32. The first-order chi connectivity index (χ1) is 12.6. The number of hydrogen-bond donors (Lipinski definition) is 1. The van der Waals surface area contributed by atoms with Crippen LogP contribution in [0.5, 0.6) is 11.5 Å². The topological polar surface area (TPSA) is 55.8 Å². The van der Waals surface area contributed by atoms with E-state index in [1.165, 1.54) is 11.1 Å². The van der Waals surface area contributed by atoms with E-state index in [9.17, 15) is 4.79 Å². The number of fused-ring (bicyclic) bond motifs is 1. The number of carboxylic acids is 1. The minimum Gasteiger partial charge on any atom is -0.489 e. The zero-order valence-corrected chi connectivity index (χ0v) is 16.9. The average Bonchev–Trinajstić information content (AvgIpc) is 2.88. The highest BCUT2D eigenvalue weighted by atomic mass is 35.5. The molecule has 0 saturated heterocycles. The summed E-state index contributed by atoms with van der Waals surface area (Å²) in [4.78, 5) is 11.0. The minimum atomic E-state index is -0.831. The second kappa shape index (κ2) is 7.43. The molecule has 0 amide bonds. The number of halogens is 1. The van der Waals surface area contributed by atoms with Crippen LogP contribution in [0.1, 0.15) is 43.0 Å². The van der Waals surface area contributed by atoms with Crippen LogP contribution in [0.25, 0.3) is 0 Å². The highest BCUT2D eigenvalue weighted by molar-refractivity contribution is 6.31. The van der Waals surface area contributed by atoms with Gasteiger partial charge >= 0.3 is 5.97 Å². The normalized spacial score (nSPS) is 15.7. The van der Waals surface area contributed by atoms with Crippen LogP contribution >= 0.6 is 11.6 Å². The molecule has 0 radical (unpaired) electrons. The van der Waals surface area contributed by atoms with E-state index in [4.69, 9.17) is 26.2 Å². The van der Waals surface area contributed by atoms with Crippen LogP contribution in [-0.2, 0) is 24.2 Å². The quantitative estimate of drug-likeness (QED) is 0.738. The van der Waals surface area contributed by atoms with Crippen LogP contribution in [-0.4, -0.2) is 16.7 Å². The van der Waals surface area contributed by atoms with E-state index in [0.29, 0.717) is 23.8 Å². The molecule has 1 unspecified atom stereocenters. The van der Waals surface area contributed by atoms with Gasteiger partial charge in [0, 0.05) is 17.0 Å². The summed E-state index contributed by atoms with van der Waals surface area (Å²) in [7, 11) is 0. The molecule has 2 aromatic rings. The van der Waals surface area contributed by atoms with E-state index >= 15 is 0 Å². The molecule has 1 aliphatic rings. The van der Waals surface area contributed by atoms with Gasteiger partial charge in [0.25, 0.3) is 0 Å². The van der Waals surface area contributed by atoms with Crippen molar-refractivity contribution in [2.75, 3.05) is 0 Å². The van der Waals surface area contributed by atoms with Crippen molar-refractivity contribution in [1.82, 2.24) is 0 Å². The van der Waals surface area contributed by atoms with Crippen LogP contribution in [0.4, 0.5) is 0 Å². The summed E-state index contributed by atoms with van der Waals surface area (Å²) in [6, 6.07) is 9.66. The maximum atomic E-state index is 11.0. The molecule has 0 bridgehead atoms. The molecule has 27 heavy (non-hydrogen) atoms. The lowest BCUT2D eigenvalue weighted by Gasteiger charge is -2.18. The first kappa shape index (κ1) is 19.6. The molecule has 1 heterocycles. The van der Waals surface area contributed by atoms with Gasteiger partial charge in [-0.2, -0.15) is 0 Å². The SMILES string of the molecule is Cc1cc(COc2ccc(CC(C)C(=O)O)c(Cl)c2)c2c(c1)CC(C)(C)O2. The summed E-state index contributed by atoms with van der Waals surface area (Å²) in [5.41, 5.74) is 4.03. The standard InChI is InChI=1S/C22H25ClO4/c1-13-7-16-11-22(3,4)27-20(16)17(8-13)12-26-18-6-5-15(19(23)10-18)9-14(2)21(24)25/h5-8,10,14H,9,11-12H2,1-4H3,(H,24,25). The molecule has 0 aromatic heterocycles. The molecule has 0 spiro atoms. The van der Waals surface area contributed by atoms with Gasteiger partial charge in [0.05, 0.1) is 5.92 Å². The summed E-state index contributed by atoms with van der Waals surface area (Å²) in [5.74, 6) is 0.259. The Labute approximate surface area is 165 Å². The van der Waals surface area contributed by atoms with E-state index in [-0.39, 0.29) is 5.60 Å². The highest BCUT2D eigenvalue weighted by Crippen LogP contribution is 2.39. The molecular weight excluding hydrogens is 364 g/mol. The molecular formula is C22H25ClO4. The van der Waals surface area contributed by atoms with Gasteiger partial charge in [0.1, 0.15) is 23.7 Å². The van der Waals surface area contributed by atoms with Gasteiger partial charge in [-0.3, -0.25) is 4.79 Å². The number of ether oxygens (including phenoxy) is 2. The van der Waals surface area contributed by atoms with Crippen molar-refractivity contribution < 1.29 is 19.4 Å². The van der Waals surface area contributed by atoms with E-state index in [2.05, 4.69) is 32.9 Å². The third-order valence-corrected chi connectivity index (χ3v) is 5.10. The fourth-order valence-electron chi connectivity index (χ4n) is 3.43. The van der Waals surface area contributed by atoms with E-state index in [1.54, 1.807) is 13.0 Å². The average molecular weight is 389 g/mol. The number of aliphatic carboxylic acids is 1. The van der Waals surface area contributed by atoms with Crippen LogP contribution in [0.2, 0.25) is 5.02 Å². The Morgan fingerprint density at radius 1 is 1.30 bits per heavy atom. The van der Waals surface area contributed by atoms with Crippen molar-refractivity contribution in [2.45, 2.75) is 52.7 Å². The molecule has 0 fully saturated rings. The molecule has 2 aromatic carbocycles. The van der Waals surface area contributed by atoms with Crippen molar-refractivity contribution in [2.24, 2.45) is 5.92 Å². The molecule has 4 nitrogen and oxygen atoms in total. The van der Waals surface area contributed by atoms with Crippen molar-refractivity contribution in [3.05, 3.63) is 57.6 Å². The number of aryl methyl sites for hydroxylation is 1.